The fourth-order valence-electron chi connectivity index (χ4n) is 7.66. The van der Waals surface area contributed by atoms with Crippen LogP contribution in [0, 0.1) is 0 Å². The number of carbonyl (C=O) groups is 1. The van der Waals surface area contributed by atoms with Gasteiger partial charge in [-0.15, -0.1) is 0 Å². The fraction of sp³-hybridized carbons (Fsp3) is 0.974. The monoisotopic (exact) mass is 1020 g/mol. The SMILES string of the molecule is CCC1O[C@H](OCC2O[C@H](OCC(O)[C@@H](O)[C@@H](O)C(O)C(=O)O)C(O)[C@H](O)[C@@H]2O)C(O)[C@H](O)[C@@H]1O.CCC1O[C@H](OCC2O[C@H](OCC3O[C@H](O)C(O)[C@H](O)[C@@H]3O)C(O)[C@H](O)[C@@H]2O)C(O)[C@H](O)[C@@H]1O. The van der Waals surface area contributed by atoms with Crippen LogP contribution in [0.25, 0.3) is 0 Å². The molecule has 0 saturated carbocycles. The van der Waals surface area contributed by atoms with Gasteiger partial charge in [-0.25, -0.2) is 4.79 Å². The zero-order chi connectivity index (χ0) is 51.9. The second-order valence-corrected chi connectivity index (χ2v) is 17.1. The van der Waals surface area contributed by atoms with Gasteiger partial charge >= 0.3 is 5.97 Å². The molecule has 12 unspecified atom stereocenters. The largest absolute Gasteiger partial charge is 0.479 e. The molecule has 0 aromatic rings. The van der Waals surface area contributed by atoms with E-state index in [0.29, 0.717) is 6.42 Å². The Morgan fingerprint density at radius 1 is 0.391 bits per heavy atom. The molecular weight excluding hydrogens is 952 g/mol. The van der Waals surface area contributed by atoms with Crippen molar-refractivity contribution in [3.63, 3.8) is 0 Å². The minimum atomic E-state index is -2.40. The van der Waals surface area contributed by atoms with Crippen molar-refractivity contribution in [1.29, 1.82) is 0 Å². The standard InChI is InChI=1S/C19H34O16.C19H34O15/c1-2-6-9(22)12(25)15(28)19(34-6)33-4-7-10(23)13(26)16(29)18(35-7)32-3-5(20)8(21)11(24)14(27)17(30)31;1-2-5-8(20)12(24)15(27)18(33-5)31-4-7-10(22)13(25)16(28)19(34-7)30-3-6-9(21)11(23)14(26)17(29)32-6/h5-16,18-29H,2-4H2,1H3,(H,30,31);5-29H,2-4H2,1H3/t5?,6?,7?,8-,9-,10-,11-,12-,13-,14?,15?,16?,18+,19+;5?,6?,7?,8-,9-,10-,11-,12-,13-,14?,15?,16?,17+,18+,19+/m11/s1. The van der Waals surface area contributed by atoms with Gasteiger partial charge in [-0.05, 0) is 12.8 Å². The predicted octanol–water partition coefficient (Wildman–Crippen LogP) is -12.6. The Labute approximate surface area is 391 Å². The first-order valence-corrected chi connectivity index (χ1v) is 21.9. The second kappa shape index (κ2) is 26.5. The van der Waals surface area contributed by atoms with Crippen molar-refractivity contribution >= 4 is 5.97 Å². The summed E-state index contributed by atoms with van der Waals surface area (Å²) in [6.07, 6.45) is -46.6. The van der Waals surface area contributed by atoms with E-state index < -0.39 is 210 Å². The summed E-state index contributed by atoms with van der Waals surface area (Å²) in [6, 6.07) is 0. The highest BCUT2D eigenvalue weighted by molar-refractivity contribution is 5.72. The fourth-order valence-corrected chi connectivity index (χ4v) is 7.66. The van der Waals surface area contributed by atoms with Crippen molar-refractivity contribution < 1.29 is 155 Å². The Morgan fingerprint density at radius 2 is 0.681 bits per heavy atom. The highest BCUT2D eigenvalue weighted by Crippen LogP contribution is 2.30. The van der Waals surface area contributed by atoms with Crippen LogP contribution in [0.4, 0.5) is 0 Å². The third kappa shape index (κ3) is 14.3. The number of aliphatic carboxylic acids is 1. The summed E-state index contributed by atoms with van der Waals surface area (Å²) in [4.78, 5) is 10.7. The number of ether oxygens (including phenoxy) is 9. The molecule has 0 radical (unpaired) electrons. The van der Waals surface area contributed by atoms with Crippen LogP contribution < -0.4 is 0 Å². The van der Waals surface area contributed by atoms with Crippen LogP contribution in [-0.2, 0) is 47.4 Å². The van der Waals surface area contributed by atoms with E-state index in [1.54, 1.807) is 13.8 Å². The van der Waals surface area contributed by atoms with Gasteiger partial charge in [0.15, 0.2) is 37.6 Å². The molecule has 69 heavy (non-hydrogen) atoms. The summed E-state index contributed by atoms with van der Waals surface area (Å²) in [7, 11) is 0. The Balaban J connectivity index is 0.000000301. The number of hydrogen-bond acceptors (Lipinski definition) is 30. The van der Waals surface area contributed by atoms with Crippen molar-refractivity contribution in [3.05, 3.63) is 0 Å². The third-order valence-corrected chi connectivity index (χ3v) is 12.2. The molecule has 0 aliphatic carbocycles. The second-order valence-electron chi connectivity index (χ2n) is 17.1. The molecule has 0 aromatic carbocycles. The molecule has 5 fully saturated rings. The average Bonchev–Trinajstić information content (AvgIpc) is 3.33. The molecule has 21 N–H and O–H groups in total. The molecule has 5 aliphatic rings. The quantitative estimate of drug-likeness (QED) is 0.0606. The van der Waals surface area contributed by atoms with Gasteiger partial charge in [0.05, 0.1) is 38.6 Å². The van der Waals surface area contributed by atoms with E-state index in [9.17, 15) is 107 Å². The molecule has 0 aromatic heterocycles. The van der Waals surface area contributed by atoms with E-state index in [1.807, 2.05) is 0 Å². The van der Waals surface area contributed by atoms with Crippen LogP contribution in [-0.4, -0.2) is 318 Å². The molecule has 31 nitrogen and oxygen atoms in total. The van der Waals surface area contributed by atoms with Crippen molar-refractivity contribution in [3.8, 4) is 0 Å². The van der Waals surface area contributed by atoms with Gasteiger partial charge in [0.1, 0.15) is 128 Å². The minimum absolute atomic E-state index is 0.278. The van der Waals surface area contributed by atoms with Gasteiger partial charge in [0.25, 0.3) is 0 Å². The van der Waals surface area contributed by atoms with Crippen LogP contribution >= 0.6 is 0 Å². The molecule has 0 amide bonds. The van der Waals surface area contributed by atoms with Gasteiger partial charge in [0.2, 0.25) is 0 Å². The van der Waals surface area contributed by atoms with Crippen LogP contribution in [0.2, 0.25) is 0 Å². The summed E-state index contributed by atoms with van der Waals surface area (Å²) in [5, 5.41) is 207. The van der Waals surface area contributed by atoms with E-state index in [1.165, 1.54) is 0 Å². The van der Waals surface area contributed by atoms with Crippen LogP contribution in [0.5, 0.6) is 0 Å². The smallest absolute Gasteiger partial charge is 0.335 e. The summed E-state index contributed by atoms with van der Waals surface area (Å²) in [5.74, 6) is -1.85. The number of hydrogen-bond donors (Lipinski definition) is 21. The Kier molecular flexibility index (Phi) is 23.0. The van der Waals surface area contributed by atoms with Crippen LogP contribution in [0.3, 0.4) is 0 Å². The number of carboxylic acid groups (broad SMARTS) is 1. The van der Waals surface area contributed by atoms with Gasteiger partial charge in [0, 0.05) is 0 Å². The van der Waals surface area contributed by atoms with Crippen molar-refractivity contribution in [2.45, 2.75) is 205 Å². The normalized spacial score (nSPS) is 47.0. The molecule has 29 atom stereocenters. The summed E-state index contributed by atoms with van der Waals surface area (Å²) >= 11 is 0. The van der Waals surface area contributed by atoms with Crippen LogP contribution in [0.1, 0.15) is 26.7 Å². The number of aliphatic hydroxyl groups excluding tert-OH is 20. The summed E-state index contributed by atoms with van der Waals surface area (Å²) < 4.78 is 47.7. The zero-order valence-electron chi connectivity index (χ0n) is 37.0. The lowest BCUT2D eigenvalue weighted by Gasteiger charge is -2.43. The van der Waals surface area contributed by atoms with Gasteiger partial charge in [-0.1, -0.05) is 13.8 Å². The lowest BCUT2D eigenvalue weighted by molar-refractivity contribution is -0.339. The molecule has 5 rings (SSSR count). The minimum Gasteiger partial charge on any atom is -0.479 e. The number of rotatable bonds is 18. The Morgan fingerprint density at radius 3 is 1.01 bits per heavy atom. The van der Waals surface area contributed by atoms with Crippen molar-refractivity contribution in [2.24, 2.45) is 0 Å². The van der Waals surface area contributed by atoms with E-state index in [-0.39, 0.29) is 6.42 Å². The highest BCUT2D eigenvalue weighted by Gasteiger charge is 2.51. The lowest BCUT2D eigenvalue weighted by atomic mass is 9.97. The van der Waals surface area contributed by atoms with E-state index in [0.717, 1.165) is 0 Å². The van der Waals surface area contributed by atoms with E-state index in [2.05, 4.69) is 0 Å². The van der Waals surface area contributed by atoms with E-state index in [4.69, 9.17) is 47.7 Å². The molecule has 5 heterocycles. The molecule has 406 valence electrons. The number of aliphatic hydroxyl groups is 20. The Bertz CT molecular complexity index is 1520. The topological polar surface area (TPSA) is 525 Å². The maximum Gasteiger partial charge on any atom is 0.335 e. The summed E-state index contributed by atoms with van der Waals surface area (Å²) in [6.45, 7) is 0.894. The predicted molar refractivity (Wildman–Crippen MR) is 212 cm³/mol. The molecule has 5 aliphatic heterocycles. The summed E-state index contributed by atoms with van der Waals surface area (Å²) in [5.41, 5.74) is 0. The first kappa shape index (κ1) is 59.9. The maximum atomic E-state index is 10.7. The van der Waals surface area contributed by atoms with Crippen LogP contribution in [0.15, 0.2) is 0 Å². The first-order chi connectivity index (χ1) is 32.3. The number of carboxylic acids is 1. The molecule has 0 bridgehead atoms. The third-order valence-electron chi connectivity index (χ3n) is 12.2. The van der Waals surface area contributed by atoms with Gasteiger partial charge in [-0.3, -0.25) is 0 Å². The van der Waals surface area contributed by atoms with E-state index >= 15 is 0 Å². The Hall–Kier alpha value is -1.69. The average molecular weight is 1020 g/mol. The van der Waals surface area contributed by atoms with Gasteiger partial charge in [-0.2, -0.15) is 0 Å². The van der Waals surface area contributed by atoms with Crippen molar-refractivity contribution in [1.82, 2.24) is 0 Å². The molecule has 0 spiro atoms. The van der Waals surface area contributed by atoms with Crippen molar-refractivity contribution in [2.75, 3.05) is 26.4 Å². The van der Waals surface area contributed by atoms with Gasteiger partial charge < -0.3 is 150 Å². The maximum absolute atomic E-state index is 10.7. The highest BCUT2D eigenvalue weighted by atomic mass is 16.7. The first-order valence-electron chi connectivity index (χ1n) is 21.9. The molecular formula is C38H68O31. The molecule has 31 heteroatoms. The zero-order valence-corrected chi connectivity index (χ0v) is 37.0. The molecule has 5 saturated heterocycles. The lowest BCUT2D eigenvalue weighted by Crippen LogP contribution is -2.62.